The number of carbonyl (C=O) groups excluding carboxylic acids is 2. The Labute approximate surface area is 148 Å². The maximum Gasteiger partial charge on any atom is 0.316 e. The highest BCUT2D eigenvalue weighted by atomic mass is 35.5. The SMILES string of the molecule is COC(=O)CSC1=C(C#N)[C@@H](c2ccccc2Cl)[C@@H](C#N)C(=O)N1. The van der Waals surface area contributed by atoms with Gasteiger partial charge in [0.2, 0.25) is 5.91 Å². The van der Waals surface area contributed by atoms with Gasteiger partial charge in [-0.25, -0.2) is 0 Å². The van der Waals surface area contributed by atoms with Crippen LogP contribution in [0.1, 0.15) is 11.5 Å². The third-order valence-electron chi connectivity index (χ3n) is 3.47. The number of carbonyl (C=O) groups is 2. The van der Waals surface area contributed by atoms with E-state index < -0.39 is 23.7 Å². The number of amides is 1. The van der Waals surface area contributed by atoms with E-state index in [0.717, 1.165) is 11.8 Å². The highest BCUT2D eigenvalue weighted by Crippen LogP contribution is 2.41. The molecule has 0 aromatic heterocycles. The first-order valence-corrected chi connectivity index (χ1v) is 8.18. The van der Waals surface area contributed by atoms with Crippen LogP contribution in [0.4, 0.5) is 0 Å². The van der Waals surface area contributed by atoms with Crippen LogP contribution in [0.25, 0.3) is 0 Å². The van der Waals surface area contributed by atoms with Crippen molar-refractivity contribution in [1.29, 1.82) is 10.5 Å². The van der Waals surface area contributed by atoms with Crippen LogP contribution in [-0.2, 0) is 14.3 Å². The number of ether oxygens (including phenoxy) is 1. The van der Waals surface area contributed by atoms with Crippen molar-refractivity contribution in [3.05, 3.63) is 45.5 Å². The molecule has 2 atom stereocenters. The average Bonchev–Trinajstić information content (AvgIpc) is 2.59. The zero-order valence-electron chi connectivity index (χ0n) is 12.6. The Balaban J connectivity index is 2.52. The molecule has 8 heteroatoms. The number of esters is 1. The maximum absolute atomic E-state index is 12.3. The second-order valence-electron chi connectivity index (χ2n) is 4.81. The van der Waals surface area contributed by atoms with Crippen molar-refractivity contribution >= 4 is 35.2 Å². The van der Waals surface area contributed by atoms with Crippen LogP contribution in [0, 0.1) is 28.6 Å². The third-order valence-corrected chi connectivity index (χ3v) is 4.80. The Morgan fingerprint density at radius 2 is 2.12 bits per heavy atom. The van der Waals surface area contributed by atoms with Gasteiger partial charge >= 0.3 is 5.97 Å². The van der Waals surface area contributed by atoms with Crippen LogP contribution in [0.3, 0.4) is 0 Å². The van der Waals surface area contributed by atoms with Gasteiger partial charge in [-0.1, -0.05) is 41.6 Å². The Bertz CT molecular complexity index is 794. The van der Waals surface area contributed by atoms with Crippen molar-refractivity contribution in [2.75, 3.05) is 12.9 Å². The molecule has 0 spiro atoms. The monoisotopic (exact) mass is 361 g/mol. The van der Waals surface area contributed by atoms with Crippen molar-refractivity contribution in [2.45, 2.75) is 5.92 Å². The summed E-state index contributed by atoms with van der Waals surface area (Å²) in [5, 5.41) is 22.1. The van der Waals surface area contributed by atoms with Crippen LogP contribution in [0.5, 0.6) is 0 Å². The molecule has 0 saturated carbocycles. The third kappa shape index (κ3) is 3.53. The zero-order chi connectivity index (χ0) is 17.7. The van der Waals surface area contributed by atoms with Gasteiger partial charge in [0.05, 0.1) is 35.6 Å². The number of nitrogens with one attached hydrogen (secondary N) is 1. The van der Waals surface area contributed by atoms with Gasteiger partial charge in [0, 0.05) is 10.9 Å². The molecule has 1 aliphatic heterocycles. The number of nitriles is 2. The van der Waals surface area contributed by atoms with E-state index in [9.17, 15) is 20.1 Å². The van der Waals surface area contributed by atoms with Gasteiger partial charge < -0.3 is 10.1 Å². The lowest BCUT2D eigenvalue weighted by atomic mass is 9.79. The first-order chi connectivity index (χ1) is 11.5. The molecule has 24 heavy (non-hydrogen) atoms. The van der Waals surface area contributed by atoms with Crippen LogP contribution >= 0.6 is 23.4 Å². The Morgan fingerprint density at radius 1 is 1.42 bits per heavy atom. The smallest absolute Gasteiger partial charge is 0.316 e. The number of allylic oxidation sites excluding steroid dienone is 1. The Hall–Kier alpha value is -2.48. The molecule has 0 fully saturated rings. The highest BCUT2D eigenvalue weighted by molar-refractivity contribution is 8.03. The minimum atomic E-state index is -1.08. The number of halogens is 1. The summed E-state index contributed by atoms with van der Waals surface area (Å²) in [6.45, 7) is 0. The molecule has 0 radical (unpaired) electrons. The van der Waals surface area contributed by atoms with Crippen LogP contribution < -0.4 is 5.32 Å². The summed E-state index contributed by atoms with van der Waals surface area (Å²) in [5.41, 5.74) is 0.719. The molecule has 0 bridgehead atoms. The van der Waals surface area contributed by atoms with E-state index in [0.29, 0.717) is 10.6 Å². The molecule has 2 rings (SSSR count). The van der Waals surface area contributed by atoms with E-state index >= 15 is 0 Å². The molecule has 1 aromatic rings. The average molecular weight is 362 g/mol. The van der Waals surface area contributed by atoms with E-state index in [-0.39, 0.29) is 16.4 Å². The minimum absolute atomic E-state index is 0.0657. The van der Waals surface area contributed by atoms with Gasteiger partial charge in [-0.15, -0.1) is 0 Å². The lowest BCUT2D eigenvalue weighted by Gasteiger charge is -2.29. The van der Waals surface area contributed by atoms with Gasteiger partial charge in [-0.3, -0.25) is 9.59 Å². The minimum Gasteiger partial charge on any atom is -0.468 e. The van der Waals surface area contributed by atoms with Crippen molar-refractivity contribution in [3.8, 4) is 12.1 Å². The van der Waals surface area contributed by atoms with E-state index in [4.69, 9.17) is 11.6 Å². The molecule has 0 aliphatic carbocycles. The summed E-state index contributed by atoms with van der Waals surface area (Å²) < 4.78 is 4.56. The summed E-state index contributed by atoms with van der Waals surface area (Å²) >= 11 is 7.17. The molecule has 1 aliphatic rings. The molecular weight excluding hydrogens is 350 g/mol. The molecule has 122 valence electrons. The second kappa shape index (κ2) is 7.87. The maximum atomic E-state index is 12.3. The van der Waals surface area contributed by atoms with E-state index in [1.807, 2.05) is 12.1 Å². The first-order valence-electron chi connectivity index (χ1n) is 6.82. The molecule has 6 nitrogen and oxygen atoms in total. The van der Waals surface area contributed by atoms with Gasteiger partial charge in [-0.2, -0.15) is 10.5 Å². The van der Waals surface area contributed by atoms with E-state index in [1.54, 1.807) is 24.3 Å². The van der Waals surface area contributed by atoms with Crippen molar-refractivity contribution < 1.29 is 14.3 Å². The molecular formula is C16H12ClN3O3S. The van der Waals surface area contributed by atoms with Gasteiger partial charge in [0.1, 0.15) is 5.92 Å². The lowest BCUT2D eigenvalue weighted by molar-refractivity contribution is -0.137. The first kappa shape index (κ1) is 17.9. The summed E-state index contributed by atoms with van der Waals surface area (Å²) in [7, 11) is 1.25. The number of nitrogens with zero attached hydrogens (tertiary/aromatic N) is 2. The Morgan fingerprint density at radius 3 is 2.71 bits per heavy atom. The quantitative estimate of drug-likeness (QED) is 0.825. The molecule has 1 aromatic carbocycles. The molecule has 1 amide bonds. The number of hydrogen-bond acceptors (Lipinski definition) is 6. The standard InChI is InChI=1S/C16H12ClN3O3S/c1-23-13(21)8-24-16-11(7-19)14(10(6-18)15(22)20-16)9-4-2-3-5-12(9)17/h2-5,10,14H,8H2,1H3,(H,20,22)/t10-,14+/m1/s1. The lowest BCUT2D eigenvalue weighted by Crippen LogP contribution is -2.39. The van der Waals surface area contributed by atoms with E-state index in [1.165, 1.54) is 7.11 Å². The fourth-order valence-electron chi connectivity index (χ4n) is 2.34. The molecule has 0 unspecified atom stereocenters. The van der Waals surface area contributed by atoms with Crippen LogP contribution in [-0.4, -0.2) is 24.7 Å². The second-order valence-corrected chi connectivity index (χ2v) is 6.21. The summed E-state index contributed by atoms with van der Waals surface area (Å²) in [6.07, 6.45) is 0. The number of thioether (sulfide) groups is 1. The summed E-state index contributed by atoms with van der Waals surface area (Å²) in [4.78, 5) is 23.6. The van der Waals surface area contributed by atoms with E-state index in [2.05, 4.69) is 10.1 Å². The zero-order valence-corrected chi connectivity index (χ0v) is 14.1. The van der Waals surface area contributed by atoms with Crippen molar-refractivity contribution in [3.63, 3.8) is 0 Å². The summed E-state index contributed by atoms with van der Waals surface area (Å²) in [6, 6.07) is 10.7. The molecule has 1 heterocycles. The predicted octanol–water partition coefficient (Wildman–Crippen LogP) is 2.33. The fraction of sp³-hybridized carbons (Fsp3) is 0.250. The molecule has 0 saturated heterocycles. The summed E-state index contributed by atoms with van der Waals surface area (Å²) in [5.74, 6) is -2.96. The normalized spacial score (nSPS) is 19.9. The topological polar surface area (TPSA) is 103 Å². The number of rotatable bonds is 4. The number of hydrogen-bond donors (Lipinski definition) is 1. The number of methoxy groups -OCH3 is 1. The highest BCUT2D eigenvalue weighted by Gasteiger charge is 2.40. The fourth-order valence-corrected chi connectivity index (χ4v) is 3.47. The van der Waals surface area contributed by atoms with Gasteiger partial charge in [0.25, 0.3) is 0 Å². The number of benzene rings is 1. The Kier molecular flexibility index (Phi) is 5.86. The molecule has 1 N–H and O–H groups in total. The van der Waals surface area contributed by atoms with Crippen molar-refractivity contribution in [2.24, 2.45) is 5.92 Å². The largest absolute Gasteiger partial charge is 0.468 e. The van der Waals surface area contributed by atoms with Gasteiger partial charge in [-0.05, 0) is 11.6 Å². The van der Waals surface area contributed by atoms with Crippen LogP contribution in [0.2, 0.25) is 5.02 Å². The van der Waals surface area contributed by atoms with Crippen molar-refractivity contribution in [1.82, 2.24) is 5.32 Å². The van der Waals surface area contributed by atoms with Crippen LogP contribution in [0.15, 0.2) is 34.9 Å². The van der Waals surface area contributed by atoms with Gasteiger partial charge in [0.15, 0.2) is 0 Å². The predicted molar refractivity (Wildman–Crippen MR) is 88.6 cm³/mol.